The van der Waals surface area contributed by atoms with Gasteiger partial charge in [0.1, 0.15) is 5.75 Å². The van der Waals surface area contributed by atoms with Gasteiger partial charge in [0.2, 0.25) is 0 Å². The number of hydrogen-bond acceptors (Lipinski definition) is 4. The number of ether oxygens (including phenoxy) is 1. The van der Waals surface area contributed by atoms with Crippen LogP contribution in [0.25, 0.3) is 0 Å². The van der Waals surface area contributed by atoms with E-state index < -0.39 is 12.6 Å². The Labute approximate surface area is 156 Å². The fourth-order valence-electron chi connectivity index (χ4n) is 1.95. The standard InChI is InChI=1S/C19H18ClNO3S/c1-3-21-25-17-8-4-13(2)14(11-17)5-6-15-10-16(20)7-9-18(15)24-12-19(22)23/h4,7-11,21H,3,12H2,1-2H3,(H,22,23). The van der Waals surface area contributed by atoms with Gasteiger partial charge in [-0.25, -0.2) is 4.79 Å². The minimum atomic E-state index is -1.04. The van der Waals surface area contributed by atoms with Crippen LogP contribution in [0.3, 0.4) is 0 Å². The van der Waals surface area contributed by atoms with Crippen LogP contribution in [-0.4, -0.2) is 24.2 Å². The van der Waals surface area contributed by atoms with Gasteiger partial charge in [0.15, 0.2) is 6.61 Å². The SMILES string of the molecule is CCNSc1ccc(C)c(C#Cc2cc(Cl)ccc2OCC(=O)O)c1. The fraction of sp³-hybridized carbons (Fsp3) is 0.211. The molecule has 0 atom stereocenters. The van der Waals surface area contributed by atoms with Gasteiger partial charge in [-0.15, -0.1) is 0 Å². The first-order chi connectivity index (χ1) is 12.0. The van der Waals surface area contributed by atoms with Crippen LogP contribution in [0.5, 0.6) is 5.75 Å². The van der Waals surface area contributed by atoms with E-state index in [0.29, 0.717) is 16.3 Å². The second-order valence-corrected chi connectivity index (χ2v) is 6.55. The summed E-state index contributed by atoms with van der Waals surface area (Å²) in [5.41, 5.74) is 2.51. The van der Waals surface area contributed by atoms with E-state index in [1.165, 1.54) is 0 Å². The summed E-state index contributed by atoms with van der Waals surface area (Å²) in [6.45, 7) is 4.47. The monoisotopic (exact) mass is 375 g/mol. The molecule has 0 spiro atoms. The molecular weight excluding hydrogens is 358 g/mol. The maximum Gasteiger partial charge on any atom is 0.341 e. The van der Waals surface area contributed by atoms with E-state index in [4.69, 9.17) is 21.4 Å². The van der Waals surface area contributed by atoms with Crippen LogP contribution < -0.4 is 9.46 Å². The van der Waals surface area contributed by atoms with E-state index in [-0.39, 0.29) is 0 Å². The van der Waals surface area contributed by atoms with Crippen LogP contribution in [-0.2, 0) is 4.79 Å². The van der Waals surface area contributed by atoms with Crippen LogP contribution in [0.2, 0.25) is 5.02 Å². The number of carboxylic acid groups (broad SMARTS) is 1. The molecule has 0 aliphatic heterocycles. The molecule has 0 aliphatic rings. The number of benzene rings is 2. The first-order valence-electron chi connectivity index (χ1n) is 7.66. The summed E-state index contributed by atoms with van der Waals surface area (Å²) in [5, 5.41) is 9.28. The summed E-state index contributed by atoms with van der Waals surface area (Å²) in [6.07, 6.45) is 0. The van der Waals surface area contributed by atoms with E-state index >= 15 is 0 Å². The van der Waals surface area contributed by atoms with Crippen molar-refractivity contribution in [2.24, 2.45) is 0 Å². The number of hydrogen-bond donors (Lipinski definition) is 2. The summed E-state index contributed by atoms with van der Waals surface area (Å²) >= 11 is 7.58. The van der Waals surface area contributed by atoms with Crippen molar-refractivity contribution >= 4 is 29.5 Å². The quantitative estimate of drug-likeness (QED) is 0.587. The summed E-state index contributed by atoms with van der Waals surface area (Å²) in [6, 6.07) is 11.0. The summed E-state index contributed by atoms with van der Waals surface area (Å²) in [7, 11) is 0. The first-order valence-corrected chi connectivity index (χ1v) is 8.85. The van der Waals surface area contributed by atoms with Crippen LogP contribution in [0.4, 0.5) is 0 Å². The number of rotatable bonds is 6. The smallest absolute Gasteiger partial charge is 0.341 e. The van der Waals surface area contributed by atoms with Gasteiger partial charge in [0.05, 0.1) is 5.56 Å². The summed E-state index contributed by atoms with van der Waals surface area (Å²) in [5.74, 6) is 5.51. The van der Waals surface area contributed by atoms with Crippen molar-refractivity contribution in [3.05, 3.63) is 58.1 Å². The van der Waals surface area contributed by atoms with Crippen molar-refractivity contribution in [1.29, 1.82) is 0 Å². The van der Waals surface area contributed by atoms with E-state index in [1.54, 1.807) is 30.1 Å². The van der Waals surface area contributed by atoms with Gasteiger partial charge < -0.3 is 9.84 Å². The molecule has 0 saturated carbocycles. The Morgan fingerprint density at radius 1 is 1.24 bits per heavy atom. The Morgan fingerprint density at radius 2 is 2.00 bits per heavy atom. The highest BCUT2D eigenvalue weighted by Crippen LogP contribution is 2.23. The van der Waals surface area contributed by atoms with E-state index in [1.807, 2.05) is 32.0 Å². The lowest BCUT2D eigenvalue weighted by Gasteiger charge is -2.06. The number of aryl methyl sites for hydroxylation is 1. The Hall–Kier alpha value is -2.13. The lowest BCUT2D eigenvalue weighted by Crippen LogP contribution is -2.10. The minimum Gasteiger partial charge on any atom is -0.481 e. The average molecular weight is 376 g/mol. The van der Waals surface area contributed by atoms with Crippen molar-refractivity contribution in [3.63, 3.8) is 0 Å². The normalized spacial score (nSPS) is 10.0. The molecule has 0 radical (unpaired) electrons. The molecule has 0 unspecified atom stereocenters. The molecule has 0 aliphatic carbocycles. The third-order valence-electron chi connectivity index (χ3n) is 3.17. The second kappa shape index (κ2) is 9.38. The van der Waals surface area contributed by atoms with E-state index in [0.717, 1.165) is 22.6 Å². The van der Waals surface area contributed by atoms with Crippen LogP contribution >= 0.6 is 23.5 Å². The first kappa shape index (κ1) is 19.2. The predicted octanol–water partition coefficient (Wildman–Crippen LogP) is 4.13. The van der Waals surface area contributed by atoms with Crippen LogP contribution in [0.1, 0.15) is 23.6 Å². The molecule has 2 N–H and O–H groups in total. The molecule has 0 heterocycles. The summed E-state index contributed by atoms with van der Waals surface area (Å²) in [4.78, 5) is 11.8. The number of aliphatic carboxylic acids is 1. The average Bonchev–Trinajstić information content (AvgIpc) is 2.59. The van der Waals surface area contributed by atoms with Gasteiger partial charge in [0.25, 0.3) is 0 Å². The lowest BCUT2D eigenvalue weighted by atomic mass is 10.1. The lowest BCUT2D eigenvalue weighted by molar-refractivity contribution is -0.139. The van der Waals surface area contributed by atoms with Gasteiger partial charge >= 0.3 is 5.97 Å². The van der Waals surface area contributed by atoms with E-state index in [2.05, 4.69) is 16.6 Å². The summed E-state index contributed by atoms with van der Waals surface area (Å²) < 4.78 is 8.48. The molecule has 0 aromatic heterocycles. The number of nitrogens with one attached hydrogen (secondary N) is 1. The molecule has 0 fully saturated rings. The zero-order chi connectivity index (χ0) is 18.2. The molecular formula is C19H18ClNO3S. The molecule has 2 aromatic rings. The third kappa shape index (κ3) is 6.02. The number of carbonyl (C=O) groups is 1. The predicted molar refractivity (Wildman–Crippen MR) is 101 cm³/mol. The maximum absolute atomic E-state index is 10.7. The van der Waals surface area contributed by atoms with Crippen LogP contribution in [0, 0.1) is 18.8 Å². The molecule has 130 valence electrons. The van der Waals surface area contributed by atoms with Crippen molar-refractivity contribution in [3.8, 4) is 17.6 Å². The maximum atomic E-state index is 10.7. The molecule has 6 heteroatoms. The van der Waals surface area contributed by atoms with Gasteiger partial charge in [0, 0.05) is 22.0 Å². The highest BCUT2D eigenvalue weighted by Gasteiger charge is 2.06. The van der Waals surface area contributed by atoms with Crippen molar-refractivity contribution in [1.82, 2.24) is 4.72 Å². The molecule has 2 aromatic carbocycles. The highest BCUT2D eigenvalue weighted by molar-refractivity contribution is 7.97. The largest absolute Gasteiger partial charge is 0.481 e. The van der Waals surface area contributed by atoms with Crippen molar-refractivity contribution in [2.45, 2.75) is 18.7 Å². The third-order valence-corrected chi connectivity index (χ3v) is 4.33. The Kier molecular flexibility index (Phi) is 7.20. The fourth-order valence-corrected chi connectivity index (χ4v) is 2.75. The van der Waals surface area contributed by atoms with Gasteiger partial charge in [-0.05, 0) is 54.8 Å². The number of carboxylic acids is 1. The highest BCUT2D eigenvalue weighted by atomic mass is 35.5. The van der Waals surface area contributed by atoms with Crippen molar-refractivity contribution in [2.75, 3.05) is 13.2 Å². The molecule has 4 nitrogen and oxygen atoms in total. The number of halogens is 1. The minimum absolute atomic E-state index is 0.398. The topological polar surface area (TPSA) is 58.6 Å². The van der Waals surface area contributed by atoms with Gasteiger partial charge in [-0.2, -0.15) is 0 Å². The molecule has 0 amide bonds. The Morgan fingerprint density at radius 3 is 2.72 bits per heavy atom. The zero-order valence-electron chi connectivity index (χ0n) is 13.9. The van der Waals surface area contributed by atoms with Gasteiger partial charge in [-0.3, -0.25) is 4.72 Å². The van der Waals surface area contributed by atoms with Crippen molar-refractivity contribution < 1.29 is 14.6 Å². The molecule has 2 rings (SSSR count). The molecule has 0 saturated heterocycles. The van der Waals surface area contributed by atoms with Gasteiger partial charge in [-0.1, -0.05) is 36.4 Å². The second-order valence-electron chi connectivity index (χ2n) is 5.15. The Balaban J connectivity index is 2.31. The zero-order valence-corrected chi connectivity index (χ0v) is 15.5. The van der Waals surface area contributed by atoms with Crippen LogP contribution in [0.15, 0.2) is 41.3 Å². The molecule has 0 bridgehead atoms. The van der Waals surface area contributed by atoms with E-state index in [9.17, 15) is 4.79 Å². The Bertz CT molecular complexity index is 827. The molecule has 25 heavy (non-hydrogen) atoms.